The quantitative estimate of drug-likeness (QED) is 0.560. The molecule has 4 aromatic rings. The number of aromatic carboxylic acids is 1. The maximum atomic E-state index is 11.1. The number of aromatic nitrogens is 2. The predicted octanol–water partition coefficient (Wildman–Crippen LogP) is 4.55. The van der Waals surface area contributed by atoms with Gasteiger partial charge >= 0.3 is 5.97 Å². The number of para-hydroxylation sites is 1. The van der Waals surface area contributed by atoms with Crippen molar-refractivity contribution in [3.8, 4) is 0 Å². The minimum atomic E-state index is -0.980. The number of nitrogens with one attached hydrogen (secondary N) is 1. The van der Waals surface area contributed by atoms with Crippen molar-refractivity contribution in [1.82, 2.24) is 9.97 Å². The van der Waals surface area contributed by atoms with Gasteiger partial charge in [0.05, 0.1) is 5.56 Å². The van der Waals surface area contributed by atoms with Crippen molar-refractivity contribution in [2.45, 2.75) is 6.92 Å². The molecule has 0 saturated heterocycles. The van der Waals surface area contributed by atoms with Crippen molar-refractivity contribution in [1.29, 1.82) is 0 Å². The third-order valence-corrected chi connectivity index (χ3v) is 3.70. The van der Waals surface area contributed by atoms with E-state index in [9.17, 15) is 4.79 Å². The normalized spacial score (nSPS) is 10.6. The first-order valence-corrected chi connectivity index (χ1v) is 7.38. The molecular formula is C18H14ClN3O3. The van der Waals surface area contributed by atoms with Crippen LogP contribution in [0, 0.1) is 6.92 Å². The number of halogens is 1. The number of nitrogens with zero attached hydrogens (tertiary/aromatic N) is 2. The fourth-order valence-corrected chi connectivity index (χ4v) is 2.65. The summed E-state index contributed by atoms with van der Waals surface area (Å²) in [4.78, 5) is 20.0. The van der Waals surface area contributed by atoms with Gasteiger partial charge in [0.25, 0.3) is 0 Å². The maximum Gasteiger partial charge on any atom is 0.335 e. The summed E-state index contributed by atoms with van der Waals surface area (Å²) in [5.41, 5.74) is 2.83. The summed E-state index contributed by atoms with van der Waals surface area (Å²) in [7, 11) is 0. The van der Waals surface area contributed by atoms with Crippen LogP contribution in [-0.2, 0) is 0 Å². The van der Waals surface area contributed by atoms with Gasteiger partial charge in [0.2, 0.25) is 0 Å². The molecule has 2 heterocycles. The molecule has 6 nitrogen and oxygen atoms in total. The van der Waals surface area contributed by atoms with Crippen LogP contribution in [0.5, 0.6) is 0 Å². The van der Waals surface area contributed by atoms with Gasteiger partial charge in [-0.3, -0.25) is 0 Å². The van der Waals surface area contributed by atoms with Crippen LogP contribution in [0.4, 0.5) is 11.5 Å². The van der Waals surface area contributed by atoms with Gasteiger partial charge in [-0.05, 0) is 37.3 Å². The van der Waals surface area contributed by atoms with E-state index in [1.807, 2.05) is 24.3 Å². The van der Waals surface area contributed by atoms with Gasteiger partial charge in [-0.1, -0.05) is 18.2 Å². The summed E-state index contributed by atoms with van der Waals surface area (Å²) in [6, 6.07) is 14.2. The van der Waals surface area contributed by atoms with E-state index in [0.717, 1.165) is 16.5 Å². The Bertz CT molecular complexity index is 1090. The first-order valence-electron chi connectivity index (χ1n) is 7.38. The second-order valence-electron chi connectivity index (χ2n) is 5.41. The van der Waals surface area contributed by atoms with Crippen LogP contribution >= 0.6 is 12.4 Å². The van der Waals surface area contributed by atoms with Gasteiger partial charge in [0.15, 0.2) is 11.4 Å². The number of aryl methyl sites for hydroxylation is 1. The number of furan rings is 1. The van der Waals surface area contributed by atoms with E-state index < -0.39 is 5.97 Å². The summed E-state index contributed by atoms with van der Waals surface area (Å²) in [5.74, 6) is 0.133. The van der Waals surface area contributed by atoms with Gasteiger partial charge < -0.3 is 14.8 Å². The molecule has 0 atom stereocenters. The number of hydrogen-bond acceptors (Lipinski definition) is 5. The summed E-state index contributed by atoms with van der Waals surface area (Å²) >= 11 is 0. The van der Waals surface area contributed by atoms with Crippen LogP contribution in [0.25, 0.3) is 22.1 Å². The average molecular weight is 356 g/mol. The Morgan fingerprint density at radius 1 is 1.12 bits per heavy atom. The molecular weight excluding hydrogens is 342 g/mol. The maximum absolute atomic E-state index is 11.1. The van der Waals surface area contributed by atoms with Crippen LogP contribution in [0.1, 0.15) is 16.2 Å². The Kier molecular flexibility index (Phi) is 4.29. The predicted molar refractivity (Wildman–Crippen MR) is 98.0 cm³/mol. The molecule has 0 aliphatic rings. The van der Waals surface area contributed by atoms with Crippen molar-refractivity contribution in [2.75, 3.05) is 5.32 Å². The monoisotopic (exact) mass is 355 g/mol. The summed E-state index contributed by atoms with van der Waals surface area (Å²) in [6.45, 7) is 1.81. The number of anilines is 2. The molecule has 2 aromatic heterocycles. The summed E-state index contributed by atoms with van der Waals surface area (Å²) in [6.07, 6.45) is 0. The van der Waals surface area contributed by atoms with Gasteiger partial charge in [-0.25, -0.2) is 14.8 Å². The molecule has 25 heavy (non-hydrogen) atoms. The fourth-order valence-electron chi connectivity index (χ4n) is 2.65. The average Bonchev–Trinajstić information content (AvgIpc) is 2.94. The molecule has 126 valence electrons. The van der Waals surface area contributed by atoms with E-state index in [-0.39, 0.29) is 18.0 Å². The minimum absolute atomic E-state index is 0. The van der Waals surface area contributed by atoms with Gasteiger partial charge in [0.1, 0.15) is 16.9 Å². The van der Waals surface area contributed by atoms with E-state index in [0.29, 0.717) is 22.9 Å². The smallest absolute Gasteiger partial charge is 0.335 e. The second-order valence-corrected chi connectivity index (χ2v) is 5.41. The standard InChI is InChI=1S/C18H13N3O3.ClH/c1-10-19-15-13-7-2-3-8-14(13)24-16(15)17(20-10)21-12-6-4-5-11(9-12)18(22)23;/h2-9H,1H3,(H,22,23)(H,19,20,21);1H. The molecule has 0 aliphatic heterocycles. The van der Waals surface area contributed by atoms with E-state index in [2.05, 4.69) is 15.3 Å². The fraction of sp³-hybridized carbons (Fsp3) is 0.0556. The molecule has 0 amide bonds. The molecule has 0 fully saturated rings. The lowest BCUT2D eigenvalue weighted by atomic mass is 10.2. The largest absolute Gasteiger partial charge is 0.478 e. The number of hydrogen-bond donors (Lipinski definition) is 2. The van der Waals surface area contributed by atoms with Crippen molar-refractivity contribution >= 4 is 52.0 Å². The molecule has 7 heteroatoms. The molecule has 0 bridgehead atoms. The van der Waals surface area contributed by atoms with Crippen LogP contribution < -0.4 is 5.32 Å². The number of rotatable bonds is 3. The molecule has 4 rings (SSSR count). The van der Waals surface area contributed by atoms with Crippen LogP contribution in [0.3, 0.4) is 0 Å². The lowest BCUT2D eigenvalue weighted by Gasteiger charge is -2.07. The third kappa shape index (κ3) is 2.99. The Balaban J connectivity index is 0.00000182. The lowest BCUT2D eigenvalue weighted by molar-refractivity contribution is 0.0697. The van der Waals surface area contributed by atoms with Crippen LogP contribution in [0.15, 0.2) is 52.9 Å². The highest BCUT2D eigenvalue weighted by Gasteiger charge is 2.15. The summed E-state index contributed by atoms with van der Waals surface area (Å²) < 4.78 is 5.88. The lowest BCUT2D eigenvalue weighted by Crippen LogP contribution is -2.00. The Morgan fingerprint density at radius 3 is 2.72 bits per heavy atom. The number of carboxylic acids is 1. The highest BCUT2D eigenvalue weighted by Crippen LogP contribution is 2.32. The van der Waals surface area contributed by atoms with E-state index in [1.165, 1.54) is 6.07 Å². The topological polar surface area (TPSA) is 88.2 Å². The molecule has 0 spiro atoms. The second kappa shape index (κ2) is 6.41. The Morgan fingerprint density at radius 2 is 1.92 bits per heavy atom. The SMILES string of the molecule is Cc1nc(Nc2cccc(C(=O)O)c2)c2oc3ccccc3c2n1.Cl. The van der Waals surface area contributed by atoms with Crippen molar-refractivity contribution in [3.05, 3.63) is 59.9 Å². The van der Waals surface area contributed by atoms with Crippen molar-refractivity contribution < 1.29 is 14.3 Å². The van der Waals surface area contributed by atoms with Crippen LogP contribution in [-0.4, -0.2) is 21.0 Å². The molecule has 2 N–H and O–H groups in total. The molecule has 0 aliphatic carbocycles. The van der Waals surface area contributed by atoms with Gasteiger partial charge in [-0.15, -0.1) is 12.4 Å². The molecule has 0 unspecified atom stereocenters. The number of fused-ring (bicyclic) bond motifs is 3. The number of benzene rings is 2. The van der Waals surface area contributed by atoms with E-state index in [1.54, 1.807) is 25.1 Å². The van der Waals surface area contributed by atoms with Gasteiger partial charge in [-0.2, -0.15) is 0 Å². The molecule has 0 saturated carbocycles. The van der Waals surface area contributed by atoms with Crippen molar-refractivity contribution in [3.63, 3.8) is 0 Å². The summed E-state index contributed by atoms with van der Waals surface area (Å²) in [5, 5.41) is 13.2. The van der Waals surface area contributed by atoms with Crippen LogP contribution in [0.2, 0.25) is 0 Å². The number of carboxylic acid groups (broad SMARTS) is 1. The van der Waals surface area contributed by atoms with E-state index in [4.69, 9.17) is 9.52 Å². The molecule has 0 radical (unpaired) electrons. The number of carbonyl (C=O) groups is 1. The zero-order valence-corrected chi connectivity index (χ0v) is 14.0. The zero-order valence-electron chi connectivity index (χ0n) is 13.2. The Hall–Kier alpha value is -3.12. The zero-order chi connectivity index (χ0) is 16.7. The highest BCUT2D eigenvalue weighted by atomic mass is 35.5. The van der Waals surface area contributed by atoms with Crippen molar-refractivity contribution in [2.24, 2.45) is 0 Å². The Labute approximate surface area is 148 Å². The first kappa shape index (κ1) is 16.7. The minimum Gasteiger partial charge on any atom is -0.478 e. The highest BCUT2D eigenvalue weighted by molar-refractivity contribution is 6.06. The molecule has 2 aromatic carbocycles. The third-order valence-electron chi connectivity index (χ3n) is 3.70. The first-order chi connectivity index (χ1) is 11.6. The van der Waals surface area contributed by atoms with Gasteiger partial charge in [0, 0.05) is 11.1 Å². The van der Waals surface area contributed by atoms with E-state index >= 15 is 0 Å².